The van der Waals surface area contributed by atoms with Gasteiger partial charge >= 0.3 is 0 Å². The molecule has 1 aliphatic rings. The number of hydrogen-bond donors (Lipinski definition) is 1. The third-order valence-corrected chi connectivity index (χ3v) is 2.62. The van der Waals surface area contributed by atoms with Crippen LogP contribution in [0.25, 0.3) is 0 Å². The predicted molar refractivity (Wildman–Crippen MR) is 49.3 cm³/mol. The zero-order chi connectivity index (χ0) is 9.19. The van der Waals surface area contributed by atoms with Crippen LogP contribution >= 0.6 is 0 Å². The Hall–Kier alpha value is -0.323. The Bertz CT molecular complexity index is 174. The van der Waals surface area contributed by atoms with E-state index in [1.54, 1.807) is 6.08 Å². The zero-order valence-corrected chi connectivity index (χ0v) is 8.78. The average molecular weight is 188 g/mol. The Morgan fingerprint density at radius 3 is 2.58 bits per heavy atom. The molecule has 2 atom stereocenters. The maximum absolute atomic E-state index is 9.31. The van der Waals surface area contributed by atoms with Crippen molar-refractivity contribution in [3.05, 3.63) is 12.3 Å². The van der Waals surface area contributed by atoms with Crippen molar-refractivity contribution in [1.82, 2.24) is 0 Å². The molecule has 0 saturated heterocycles. The van der Waals surface area contributed by atoms with Crippen molar-refractivity contribution in [2.45, 2.75) is 31.8 Å². The van der Waals surface area contributed by atoms with Gasteiger partial charge in [-0.1, -0.05) is 0 Å². The van der Waals surface area contributed by atoms with Crippen molar-refractivity contribution in [2.75, 3.05) is 6.61 Å². The van der Waals surface area contributed by atoms with E-state index in [4.69, 9.17) is 9.16 Å². The first-order valence-electron chi connectivity index (χ1n) is 4.13. The molecule has 0 aromatic carbocycles. The molecule has 1 rings (SSSR count). The van der Waals surface area contributed by atoms with Crippen molar-refractivity contribution in [2.24, 2.45) is 0 Å². The summed E-state index contributed by atoms with van der Waals surface area (Å²) in [4.78, 5) is 0. The molecule has 3 nitrogen and oxygen atoms in total. The van der Waals surface area contributed by atoms with Crippen LogP contribution in [0.15, 0.2) is 12.3 Å². The summed E-state index contributed by atoms with van der Waals surface area (Å²) < 4.78 is 10.7. The highest BCUT2D eigenvalue weighted by Crippen LogP contribution is 2.13. The second kappa shape index (κ2) is 3.59. The molecule has 0 amide bonds. The van der Waals surface area contributed by atoms with Gasteiger partial charge in [-0.25, -0.2) is 0 Å². The van der Waals surface area contributed by atoms with Gasteiger partial charge < -0.3 is 14.3 Å². The maximum atomic E-state index is 9.31. The van der Waals surface area contributed by atoms with Gasteiger partial charge in [-0.15, -0.1) is 0 Å². The molecule has 0 aromatic rings. The van der Waals surface area contributed by atoms with Crippen LogP contribution in [0.3, 0.4) is 0 Å². The smallest absolute Gasteiger partial charge is 0.183 e. The van der Waals surface area contributed by atoms with Gasteiger partial charge in [0.05, 0.1) is 12.9 Å². The highest BCUT2D eigenvalue weighted by molar-refractivity contribution is 6.69. The molecule has 0 radical (unpaired) electrons. The Morgan fingerprint density at radius 1 is 1.50 bits per heavy atom. The van der Waals surface area contributed by atoms with Crippen LogP contribution in [0.1, 0.15) is 0 Å². The summed E-state index contributed by atoms with van der Waals surface area (Å²) in [5.41, 5.74) is 0. The topological polar surface area (TPSA) is 38.7 Å². The first-order chi connectivity index (χ1) is 5.49. The molecule has 2 unspecified atom stereocenters. The largest absolute Gasteiger partial charge is 0.493 e. The van der Waals surface area contributed by atoms with Crippen LogP contribution in [-0.4, -0.2) is 32.2 Å². The Kier molecular flexibility index (Phi) is 2.92. The molecule has 0 aliphatic carbocycles. The van der Waals surface area contributed by atoms with E-state index >= 15 is 0 Å². The van der Waals surface area contributed by atoms with E-state index in [9.17, 15) is 5.11 Å². The van der Waals surface area contributed by atoms with Crippen LogP contribution in [0.5, 0.6) is 0 Å². The first-order valence-corrected chi connectivity index (χ1v) is 7.54. The lowest BCUT2D eigenvalue weighted by atomic mass is 10.2. The number of hydrogen-bond acceptors (Lipinski definition) is 3. The average Bonchev–Trinajstić information content (AvgIpc) is 2.29. The monoisotopic (exact) mass is 188 g/mol. The molecule has 0 aromatic heterocycles. The van der Waals surface area contributed by atoms with Gasteiger partial charge in [0, 0.05) is 0 Å². The van der Waals surface area contributed by atoms with Crippen LogP contribution < -0.4 is 0 Å². The quantitative estimate of drug-likeness (QED) is 0.674. The Morgan fingerprint density at radius 2 is 2.17 bits per heavy atom. The number of aliphatic hydroxyl groups excluding tert-OH is 1. The molecule has 0 saturated carbocycles. The third-order valence-electron chi connectivity index (χ3n) is 1.59. The molecule has 1 heterocycles. The minimum absolute atomic E-state index is 0.197. The lowest BCUT2D eigenvalue weighted by Crippen LogP contribution is -2.34. The zero-order valence-electron chi connectivity index (χ0n) is 7.78. The van der Waals surface area contributed by atoms with E-state index in [2.05, 4.69) is 19.6 Å². The molecule has 0 bridgehead atoms. The molecular formula is C8H16O3Si. The van der Waals surface area contributed by atoms with Gasteiger partial charge in [-0.05, 0) is 25.7 Å². The summed E-state index contributed by atoms with van der Waals surface area (Å²) >= 11 is 0. The summed E-state index contributed by atoms with van der Waals surface area (Å²) in [6.07, 6.45) is 2.47. The Labute approximate surface area is 74.1 Å². The normalized spacial score (nSPS) is 29.0. The number of aliphatic hydroxyl groups is 1. The summed E-state index contributed by atoms with van der Waals surface area (Å²) in [7, 11) is -1.47. The molecule has 0 fully saturated rings. The van der Waals surface area contributed by atoms with Crippen LogP contribution in [0.4, 0.5) is 0 Å². The van der Waals surface area contributed by atoms with Gasteiger partial charge in [0.15, 0.2) is 8.32 Å². The minimum Gasteiger partial charge on any atom is -0.493 e. The fourth-order valence-electron chi connectivity index (χ4n) is 0.901. The summed E-state index contributed by atoms with van der Waals surface area (Å²) in [5.74, 6) is 0. The van der Waals surface area contributed by atoms with E-state index in [0.717, 1.165) is 0 Å². The number of ether oxygens (including phenoxy) is 1. The third kappa shape index (κ3) is 2.96. The van der Waals surface area contributed by atoms with Crippen molar-refractivity contribution in [3.63, 3.8) is 0 Å². The van der Waals surface area contributed by atoms with Crippen molar-refractivity contribution in [3.8, 4) is 0 Å². The van der Waals surface area contributed by atoms with Crippen molar-refractivity contribution < 1.29 is 14.3 Å². The van der Waals surface area contributed by atoms with Crippen LogP contribution in [-0.2, 0) is 9.16 Å². The molecule has 70 valence electrons. The fraction of sp³-hybridized carbons (Fsp3) is 0.750. The molecule has 1 N–H and O–H groups in total. The summed E-state index contributed by atoms with van der Waals surface area (Å²) in [5, 5.41) is 9.31. The summed E-state index contributed by atoms with van der Waals surface area (Å²) in [6, 6.07) is 0. The maximum Gasteiger partial charge on any atom is 0.183 e. The van der Waals surface area contributed by atoms with Crippen molar-refractivity contribution in [1.29, 1.82) is 0 Å². The minimum atomic E-state index is -1.47. The van der Waals surface area contributed by atoms with Gasteiger partial charge in [-0.2, -0.15) is 0 Å². The first kappa shape index (κ1) is 9.76. The number of rotatable bonds is 3. The highest BCUT2D eigenvalue weighted by Gasteiger charge is 2.25. The fourth-order valence-corrected chi connectivity index (χ4v) is 1.57. The van der Waals surface area contributed by atoms with Gasteiger partial charge in [0.25, 0.3) is 0 Å². The Balaban J connectivity index is 2.25. The van der Waals surface area contributed by atoms with Crippen LogP contribution in [0, 0.1) is 0 Å². The SMILES string of the molecule is C[Si](C)(C)OCC1OC=CC1O. The van der Waals surface area contributed by atoms with Gasteiger partial charge in [0.2, 0.25) is 0 Å². The second-order valence-corrected chi connectivity index (χ2v) is 8.43. The lowest BCUT2D eigenvalue weighted by molar-refractivity contribution is 0.0271. The van der Waals surface area contributed by atoms with Gasteiger partial charge in [-0.3, -0.25) is 0 Å². The van der Waals surface area contributed by atoms with E-state index < -0.39 is 14.4 Å². The predicted octanol–water partition coefficient (Wildman–Crippen LogP) is 1.11. The van der Waals surface area contributed by atoms with E-state index in [-0.39, 0.29) is 6.10 Å². The van der Waals surface area contributed by atoms with Crippen LogP contribution in [0.2, 0.25) is 19.6 Å². The van der Waals surface area contributed by atoms with E-state index in [0.29, 0.717) is 6.61 Å². The van der Waals surface area contributed by atoms with E-state index in [1.807, 2.05) is 0 Å². The highest BCUT2D eigenvalue weighted by atomic mass is 28.4. The summed E-state index contributed by atoms with van der Waals surface area (Å²) in [6.45, 7) is 6.83. The second-order valence-electron chi connectivity index (χ2n) is 3.92. The van der Waals surface area contributed by atoms with Gasteiger partial charge in [0.1, 0.15) is 12.2 Å². The standard InChI is InChI=1S/C8H16O3Si/c1-12(2,3)11-6-8-7(9)4-5-10-8/h4-5,7-9H,6H2,1-3H3. The molecule has 4 heteroatoms. The van der Waals surface area contributed by atoms with E-state index in [1.165, 1.54) is 6.26 Å². The molecule has 1 aliphatic heterocycles. The molecule has 12 heavy (non-hydrogen) atoms. The lowest BCUT2D eigenvalue weighted by Gasteiger charge is -2.21. The van der Waals surface area contributed by atoms with Crippen molar-refractivity contribution >= 4 is 8.32 Å². The molecule has 0 spiro atoms. The molecular weight excluding hydrogens is 172 g/mol.